The Labute approximate surface area is 87.3 Å². The van der Waals surface area contributed by atoms with Crippen LogP contribution in [0, 0.1) is 6.92 Å². The van der Waals surface area contributed by atoms with Crippen LogP contribution >= 0.6 is 0 Å². The third-order valence-electron chi connectivity index (χ3n) is 2.16. The summed E-state index contributed by atoms with van der Waals surface area (Å²) in [6.45, 7) is 1.84. The summed E-state index contributed by atoms with van der Waals surface area (Å²) in [4.78, 5) is 3.91. The van der Waals surface area contributed by atoms with Gasteiger partial charge in [0.1, 0.15) is 0 Å². The van der Waals surface area contributed by atoms with E-state index in [2.05, 4.69) is 4.98 Å². The molecule has 0 atom stereocenters. The SMILES string of the molecule is Cc1cccc2ccc(S(=O)(=O)O)nc12. The predicted octanol–water partition coefficient (Wildman–Crippen LogP) is 1.79. The molecule has 0 radical (unpaired) electrons. The predicted molar refractivity (Wildman–Crippen MR) is 56.3 cm³/mol. The third-order valence-corrected chi connectivity index (χ3v) is 2.92. The maximum absolute atomic E-state index is 10.9. The molecule has 0 saturated heterocycles. The molecule has 2 rings (SSSR count). The minimum Gasteiger partial charge on any atom is -0.281 e. The second-order valence-electron chi connectivity index (χ2n) is 3.27. The summed E-state index contributed by atoms with van der Waals surface area (Å²) in [7, 11) is -4.22. The Morgan fingerprint density at radius 3 is 2.60 bits per heavy atom. The van der Waals surface area contributed by atoms with E-state index in [0.29, 0.717) is 5.52 Å². The number of hydrogen-bond acceptors (Lipinski definition) is 3. The van der Waals surface area contributed by atoms with E-state index in [0.717, 1.165) is 10.9 Å². The van der Waals surface area contributed by atoms with Gasteiger partial charge < -0.3 is 0 Å². The van der Waals surface area contributed by atoms with Crippen LogP contribution in [0.5, 0.6) is 0 Å². The molecule has 0 aliphatic carbocycles. The lowest BCUT2D eigenvalue weighted by Crippen LogP contribution is -2.01. The van der Waals surface area contributed by atoms with Gasteiger partial charge in [0, 0.05) is 5.39 Å². The van der Waals surface area contributed by atoms with E-state index in [4.69, 9.17) is 4.55 Å². The van der Waals surface area contributed by atoms with E-state index >= 15 is 0 Å². The van der Waals surface area contributed by atoms with Crippen LogP contribution in [0.4, 0.5) is 0 Å². The second-order valence-corrected chi connectivity index (χ2v) is 4.64. The van der Waals surface area contributed by atoms with Crippen molar-refractivity contribution >= 4 is 21.0 Å². The molecule has 4 nitrogen and oxygen atoms in total. The molecule has 5 heteroatoms. The Balaban J connectivity index is 2.81. The topological polar surface area (TPSA) is 67.3 Å². The van der Waals surface area contributed by atoms with Gasteiger partial charge in [-0.05, 0) is 24.6 Å². The normalized spacial score (nSPS) is 11.9. The van der Waals surface area contributed by atoms with Crippen molar-refractivity contribution in [2.75, 3.05) is 0 Å². The third kappa shape index (κ3) is 1.84. The summed E-state index contributed by atoms with van der Waals surface area (Å²) >= 11 is 0. The van der Waals surface area contributed by atoms with Gasteiger partial charge in [-0.25, -0.2) is 4.98 Å². The Morgan fingerprint density at radius 1 is 1.20 bits per heavy atom. The van der Waals surface area contributed by atoms with Crippen molar-refractivity contribution in [1.29, 1.82) is 0 Å². The fourth-order valence-electron chi connectivity index (χ4n) is 1.42. The van der Waals surface area contributed by atoms with Gasteiger partial charge in [0.25, 0.3) is 0 Å². The molecule has 0 spiro atoms. The van der Waals surface area contributed by atoms with Crippen molar-refractivity contribution in [2.24, 2.45) is 0 Å². The van der Waals surface area contributed by atoms with Crippen LogP contribution in [-0.2, 0) is 10.1 Å². The highest BCUT2D eigenvalue weighted by atomic mass is 32.2. The van der Waals surface area contributed by atoms with Crippen molar-refractivity contribution < 1.29 is 13.0 Å². The molecule has 0 fully saturated rings. The van der Waals surface area contributed by atoms with Crippen LogP contribution in [0.3, 0.4) is 0 Å². The van der Waals surface area contributed by atoms with Crippen molar-refractivity contribution in [2.45, 2.75) is 11.9 Å². The van der Waals surface area contributed by atoms with Gasteiger partial charge >= 0.3 is 10.1 Å². The zero-order valence-electron chi connectivity index (χ0n) is 8.01. The average molecular weight is 223 g/mol. The fourth-order valence-corrected chi connectivity index (χ4v) is 1.87. The van der Waals surface area contributed by atoms with Gasteiger partial charge in [-0.3, -0.25) is 4.55 Å². The van der Waals surface area contributed by atoms with Crippen LogP contribution in [0.2, 0.25) is 0 Å². The number of pyridine rings is 1. The summed E-state index contributed by atoms with van der Waals surface area (Å²) in [6, 6.07) is 8.45. The first kappa shape index (κ1) is 10.1. The molecular formula is C10H9NO3S. The smallest absolute Gasteiger partial charge is 0.281 e. The lowest BCUT2D eigenvalue weighted by Gasteiger charge is -2.02. The molecule has 0 unspecified atom stereocenters. The highest BCUT2D eigenvalue weighted by Gasteiger charge is 2.11. The summed E-state index contributed by atoms with van der Waals surface area (Å²) in [5.74, 6) is 0. The number of hydrogen-bond donors (Lipinski definition) is 1. The minimum absolute atomic E-state index is 0.315. The van der Waals surface area contributed by atoms with E-state index < -0.39 is 10.1 Å². The molecule has 1 N–H and O–H groups in total. The summed E-state index contributed by atoms with van der Waals surface area (Å²) in [5.41, 5.74) is 1.46. The van der Waals surface area contributed by atoms with Gasteiger partial charge in [-0.2, -0.15) is 8.42 Å². The lowest BCUT2D eigenvalue weighted by molar-refractivity contribution is 0.479. The Hall–Kier alpha value is -1.46. The fraction of sp³-hybridized carbons (Fsp3) is 0.100. The molecule has 0 bridgehead atoms. The first-order valence-electron chi connectivity index (χ1n) is 4.32. The number of aryl methyl sites for hydroxylation is 1. The Morgan fingerprint density at radius 2 is 1.93 bits per heavy atom. The van der Waals surface area contributed by atoms with Crippen LogP contribution in [0.1, 0.15) is 5.56 Å². The highest BCUT2D eigenvalue weighted by Crippen LogP contribution is 2.18. The molecular weight excluding hydrogens is 214 g/mol. The number of para-hydroxylation sites is 1. The zero-order chi connectivity index (χ0) is 11.1. The molecule has 1 aromatic carbocycles. The molecule has 1 heterocycles. The van der Waals surface area contributed by atoms with Gasteiger partial charge in [0.05, 0.1) is 5.52 Å². The van der Waals surface area contributed by atoms with Crippen molar-refractivity contribution in [1.82, 2.24) is 4.98 Å². The molecule has 0 aliphatic rings. The first-order chi connectivity index (χ1) is 6.98. The molecule has 78 valence electrons. The van der Waals surface area contributed by atoms with Crippen molar-refractivity contribution in [3.8, 4) is 0 Å². The standard InChI is InChI=1S/C10H9NO3S/c1-7-3-2-4-8-5-6-9(11-10(7)8)15(12,13)14/h2-6H,1H3,(H,12,13,14). The summed E-state index contributed by atoms with van der Waals surface area (Å²) in [6.07, 6.45) is 0. The van der Waals surface area contributed by atoms with Crippen molar-refractivity contribution in [3.05, 3.63) is 35.9 Å². The molecule has 0 aliphatic heterocycles. The number of benzene rings is 1. The average Bonchev–Trinajstić information content (AvgIpc) is 2.16. The quantitative estimate of drug-likeness (QED) is 0.748. The van der Waals surface area contributed by atoms with Gasteiger partial charge in [-0.1, -0.05) is 18.2 Å². The molecule has 0 saturated carbocycles. The van der Waals surface area contributed by atoms with Crippen LogP contribution < -0.4 is 0 Å². The van der Waals surface area contributed by atoms with Gasteiger partial charge in [0.2, 0.25) is 0 Å². The van der Waals surface area contributed by atoms with Gasteiger partial charge in [0.15, 0.2) is 5.03 Å². The Kier molecular flexibility index (Phi) is 2.21. The van der Waals surface area contributed by atoms with E-state index in [9.17, 15) is 8.42 Å². The summed E-state index contributed by atoms with van der Waals surface area (Å²) < 4.78 is 30.6. The van der Waals surface area contributed by atoms with E-state index in [1.54, 1.807) is 6.07 Å². The summed E-state index contributed by atoms with van der Waals surface area (Å²) in [5, 5.41) is 0.534. The number of fused-ring (bicyclic) bond motifs is 1. The van der Waals surface area contributed by atoms with Crippen molar-refractivity contribution in [3.63, 3.8) is 0 Å². The van der Waals surface area contributed by atoms with E-state index in [1.807, 2.05) is 25.1 Å². The molecule has 15 heavy (non-hydrogen) atoms. The molecule has 0 amide bonds. The molecule has 2 aromatic rings. The maximum atomic E-state index is 10.9. The number of nitrogens with zero attached hydrogens (tertiary/aromatic N) is 1. The van der Waals surface area contributed by atoms with Gasteiger partial charge in [-0.15, -0.1) is 0 Å². The lowest BCUT2D eigenvalue weighted by atomic mass is 10.1. The number of aromatic nitrogens is 1. The van der Waals surface area contributed by atoms with E-state index in [1.165, 1.54) is 6.07 Å². The van der Waals surface area contributed by atoms with Crippen LogP contribution in [0.15, 0.2) is 35.4 Å². The second kappa shape index (κ2) is 3.29. The van der Waals surface area contributed by atoms with E-state index in [-0.39, 0.29) is 5.03 Å². The van der Waals surface area contributed by atoms with Crippen LogP contribution in [0.25, 0.3) is 10.9 Å². The highest BCUT2D eigenvalue weighted by molar-refractivity contribution is 7.85. The largest absolute Gasteiger partial charge is 0.312 e. The monoisotopic (exact) mass is 223 g/mol. The Bertz CT molecular complexity index is 620. The minimum atomic E-state index is -4.22. The zero-order valence-corrected chi connectivity index (χ0v) is 8.82. The number of rotatable bonds is 1. The first-order valence-corrected chi connectivity index (χ1v) is 5.76. The van der Waals surface area contributed by atoms with Crippen LogP contribution in [-0.4, -0.2) is 18.0 Å². The maximum Gasteiger partial charge on any atom is 0.312 e. The molecule has 1 aromatic heterocycles.